The van der Waals surface area contributed by atoms with Crippen LogP contribution in [-0.4, -0.2) is 80.1 Å². The SMILES string of the molecule is CC(=O)[O-].Cn1c(-c2ccc[se]2)ccc1-c1ccc[se]1.O=C(CCC(=O)c1ccc[se]1)c1ccc[se]1.[Na+]. The van der Waals surface area contributed by atoms with E-state index in [1.807, 2.05) is 34.1 Å². The van der Waals surface area contributed by atoms with Crippen LogP contribution in [0, 0.1) is 0 Å². The summed E-state index contributed by atoms with van der Waals surface area (Å²) in [6.07, 6.45) is 0.725. The minimum Gasteiger partial charge on any atom is 1.00 e. The molecule has 10 heteroatoms. The van der Waals surface area contributed by atoms with Crippen LogP contribution in [0.4, 0.5) is 0 Å². The van der Waals surface area contributed by atoms with Gasteiger partial charge < -0.3 is 9.90 Å². The molecular formula is C27H24NNaO4Se4. The Hall–Kier alpha value is -0.912. The molecule has 5 aromatic rings. The number of carbonyl (C=O) groups excluding carboxylic acids is 3. The van der Waals surface area contributed by atoms with E-state index in [1.54, 1.807) is 0 Å². The van der Waals surface area contributed by atoms with E-state index in [4.69, 9.17) is 9.90 Å². The summed E-state index contributed by atoms with van der Waals surface area (Å²) in [5.41, 5.74) is 2.76. The van der Waals surface area contributed by atoms with E-state index < -0.39 is 5.97 Å². The summed E-state index contributed by atoms with van der Waals surface area (Å²) in [5, 5.41) is 8.89. The van der Waals surface area contributed by atoms with Crippen molar-refractivity contribution >= 4 is 75.6 Å². The van der Waals surface area contributed by atoms with Crippen molar-refractivity contribution < 1.29 is 49.0 Å². The average molecular weight is 765 g/mol. The minimum atomic E-state index is -1.08. The molecule has 0 radical (unpaired) electrons. The van der Waals surface area contributed by atoms with E-state index >= 15 is 0 Å². The number of carbonyl (C=O) groups is 3. The predicted octanol–water partition coefficient (Wildman–Crippen LogP) is -0.120. The van der Waals surface area contributed by atoms with Gasteiger partial charge in [-0.3, -0.25) is 0 Å². The third-order valence-corrected chi connectivity index (χ3v) is 12.4. The Morgan fingerprint density at radius 1 is 0.676 bits per heavy atom. The second kappa shape index (κ2) is 16.9. The number of ketones is 2. The van der Waals surface area contributed by atoms with Gasteiger partial charge in [0.1, 0.15) is 0 Å². The second-order valence-corrected chi connectivity index (χ2v) is 15.4. The molecule has 5 rings (SSSR count). The fraction of sp³-hybridized carbons (Fsp3) is 0.148. The zero-order valence-electron chi connectivity index (χ0n) is 20.7. The maximum Gasteiger partial charge on any atom is 1.00 e. The minimum absolute atomic E-state index is 0. The van der Waals surface area contributed by atoms with Crippen LogP contribution in [-0.2, 0) is 11.8 Å². The monoisotopic (exact) mass is 769 g/mol. The molecule has 0 aliphatic carbocycles. The summed E-state index contributed by atoms with van der Waals surface area (Å²) < 4.78 is 7.09. The summed E-state index contributed by atoms with van der Waals surface area (Å²) in [4.78, 5) is 40.9. The Morgan fingerprint density at radius 2 is 1.03 bits per heavy atom. The number of carboxylic acid groups (broad SMARTS) is 1. The molecule has 37 heavy (non-hydrogen) atoms. The number of nitrogens with zero attached hydrogens (tertiary/aromatic N) is 1. The average Bonchev–Trinajstić information content (AvgIpc) is 3.69. The van der Waals surface area contributed by atoms with E-state index in [0.717, 1.165) is 15.8 Å². The number of Topliss-reactive ketones (excluding diaryl/α,β-unsaturated/α-hetero) is 2. The normalized spacial score (nSPS) is 9.78. The van der Waals surface area contributed by atoms with Crippen molar-refractivity contribution in [1.29, 1.82) is 0 Å². The van der Waals surface area contributed by atoms with Gasteiger partial charge in [-0.15, -0.1) is 0 Å². The van der Waals surface area contributed by atoms with Gasteiger partial charge in [0, 0.05) is 5.97 Å². The van der Waals surface area contributed by atoms with E-state index in [-0.39, 0.29) is 70.1 Å². The molecule has 0 bridgehead atoms. The molecule has 0 aliphatic rings. The maximum absolute atomic E-state index is 11.7. The quantitative estimate of drug-likeness (QED) is 0.171. The number of hydrogen-bond donors (Lipinski definition) is 0. The van der Waals surface area contributed by atoms with Crippen LogP contribution in [0.1, 0.15) is 38.2 Å². The summed E-state index contributed by atoms with van der Waals surface area (Å²) in [6.45, 7) is 0.972. The Labute approximate surface area is 262 Å². The van der Waals surface area contributed by atoms with Gasteiger partial charge in [-0.25, -0.2) is 0 Å². The summed E-state index contributed by atoms with van der Waals surface area (Å²) in [5.74, 6) is -0.810. The van der Waals surface area contributed by atoms with Crippen molar-refractivity contribution in [2.75, 3.05) is 0 Å². The first kappa shape index (κ1) is 32.3. The van der Waals surface area contributed by atoms with Crippen LogP contribution in [0.15, 0.2) is 80.4 Å². The van der Waals surface area contributed by atoms with E-state index in [1.165, 1.54) is 20.3 Å². The van der Waals surface area contributed by atoms with Crippen molar-refractivity contribution in [1.82, 2.24) is 4.57 Å². The molecule has 0 saturated carbocycles. The zero-order chi connectivity index (χ0) is 25.9. The molecule has 5 nitrogen and oxygen atoms in total. The van der Waals surface area contributed by atoms with Crippen molar-refractivity contribution in [3.63, 3.8) is 0 Å². The van der Waals surface area contributed by atoms with Crippen molar-refractivity contribution in [3.05, 3.63) is 89.3 Å². The number of carboxylic acids is 1. The number of rotatable bonds is 7. The fourth-order valence-electron chi connectivity index (χ4n) is 3.20. The molecule has 0 fully saturated rings. The number of aromatic nitrogens is 1. The second-order valence-electron chi connectivity index (χ2n) is 7.41. The van der Waals surface area contributed by atoms with Gasteiger partial charge in [-0.2, -0.15) is 0 Å². The van der Waals surface area contributed by atoms with Crippen molar-refractivity contribution in [2.45, 2.75) is 19.8 Å². The Bertz CT molecular complexity index is 1250. The molecule has 0 N–H and O–H groups in total. The van der Waals surface area contributed by atoms with Gasteiger partial charge in [0.25, 0.3) is 0 Å². The van der Waals surface area contributed by atoms with Gasteiger partial charge in [-0.1, -0.05) is 0 Å². The summed E-state index contributed by atoms with van der Waals surface area (Å²) in [6, 6.07) is 20.9. The molecule has 0 spiro atoms. The molecule has 0 unspecified atom stereocenters. The third kappa shape index (κ3) is 10.3. The Morgan fingerprint density at radius 3 is 1.32 bits per heavy atom. The fourth-order valence-corrected chi connectivity index (χ4v) is 9.42. The molecule has 0 aromatic carbocycles. The molecule has 0 aliphatic heterocycles. The predicted molar refractivity (Wildman–Crippen MR) is 146 cm³/mol. The van der Waals surface area contributed by atoms with Gasteiger partial charge >= 0.3 is 243 Å². The molecule has 0 atom stereocenters. The van der Waals surface area contributed by atoms with Gasteiger partial charge in [0.05, 0.1) is 0 Å². The van der Waals surface area contributed by atoms with Crippen LogP contribution in [0.5, 0.6) is 0 Å². The van der Waals surface area contributed by atoms with Gasteiger partial charge in [0.15, 0.2) is 0 Å². The van der Waals surface area contributed by atoms with Crippen LogP contribution < -0.4 is 34.7 Å². The smallest absolute Gasteiger partial charge is 1.00 e. The molecule has 0 amide bonds. The Balaban J connectivity index is 0.000000223. The molecule has 0 saturated heterocycles. The molecule has 186 valence electrons. The maximum atomic E-state index is 11.7. The van der Waals surface area contributed by atoms with E-state index in [0.29, 0.717) is 41.8 Å². The summed E-state index contributed by atoms with van der Waals surface area (Å²) >= 11 is 1.43. The third-order valence-electron chi connectivity index (χ3n) is 4.84. The zero-order valence-corrected chi connectivity index (χ0v) is 29.6. The standard InChI is InChI=1S/C13H11NSe2.C12H10O2Se2.C2H4O2.Na/c1-14-10(12-4-2-8-15-12)6-7-11(14)13-5-3-9-16-13;13-9(11-3-1-7-15-11)5-6-10(14)12-4-2-8-16-12;1-2(3)4;/h2-9H,1H3;1-4,7-8H,5-6H2;1H3,(H,3,4);/q;;;+1/p-1. The van der Waals surface area contributed by atoms with Crippen LogP contribution in [0.25, 0.3) is 20.3 Å². The van der Waals surface area contributed by atoms with Crippen molar-refractivity contribution in [2.24, 2.45) is 7.05 Å². The molecular weight excluding hydrogens is 741 g/mol. The van der Waals surface area contributed by atoms with E-state index in [2.05, 4.69) is 57.9 Å². The van der Waals surface area contributed by atoms with Gasteiger partial charge in [-0.05, 0) is 6.92 Å². The number of hydrogen-bond acceptors (Lipinski definition) is 4. The van der Waals surface area contributed by atoms with Gasteiger partial charge in [0.2, 0.25) is 0 Å². The topological polar surface area (TPSA) is 79.2 Å². The Kier molecular flexibility index (Phi) is 14.8. The summed E-state index contributed by atoms with van der Waals surface area (Å²) in [7, 11) is 2.18. The van der Waals surface area contributed by atoms with E-state index in [9.17, 15) is 9.59 Å². The first-order chi connectivity index (χ1) is 17.4. The first-order valence-corrected chi connectivity index (χ1v) is 18.3. The largest absolute Gasteiger partial charge is 1.00 e. The first-order valence-electron chi connectivity index (χ1n) is 10.9. The number of aliphatic carboxylic acids is 1. The van der Waals surface area contributed by atoms with Crippen LogP contribution >= 0.6 is 0 Å². The van der Waals surface area contributed by atoms with Crippen LogP contribution in [0.2, 0.25) is 0 Å². The van der Waals surface area contributed by atoms with Crippen LogP contribution in [0.3, 0.4) is 0 Å². The molecule has 5 aromatic heterocycles. The molecule has 5 heterocycles. The van der Waals surface area contributed by atoms with Crippen molar-refractivity contribution in [3.8, 4) is 20.3 Å².